The number of piperidine rings is 1. The molecule has 12 heavy (non-hydrogen) atoms. The Labute approximate surface area is 75.1 Å². The molecule has 2 nitrogen and oxygen atoms in total. The van der Waals surface area contributed by atoms with Crippen LogP contribution in [0.5, 0.6) is 0 Å². The molecule has 0 radical (unpaired) electrons. The van der Waals surface area contributed by atoms with Crippen molar-refractivity contribution in [1.29, 1.82) is 0 Å². The topological polar surface area (TPSA) is 24.1 Å². The summed E-state index contributed by atoms with van der Waals surface area (Å²) in [6.45, 7) is 4.78. The summed E-state index contributed by atoms with van der Waals surface area (Å²) in [4.78, 5) is 0. The molecule has 1 aliphatic carbocycles. The average Bonchev–Trinajstić information content (AvgIpc) is 2.86. The maximum absolute atomic E-state index is 3.62. The minimum atomic E-state index is 0.727. The molecule has 1 heterocycles. The smallest absolute Gasteiger partial charge is 0.00791 e. The highest BCUT2D eigenvalue weighted by molar-refractivity contribution is 4.85. The van der Waals surface area contributed by atoms with Crippen LogP contribution in [0.25, 0.3) is 0 Å². The van der Waals surface area contributed by atoms with Crippen molar-refractivity contribution < 1.29 is 0 Å². The van der Waals surface area contributed by atoms with E-state index in [1.54, 1.807) is 0 Å². The SMILES string of the molecule is CC1NCCCC1CNC1CC1. The summed E-state index contributed by atoms with van der Waals surface area (Å²) in [7, 11) is 0. The van der Waals surface area contributed by atoms with Crippen molar-refractivity contribution >= 4 is 0 Å². The van der Waals surface area contributed by atoms with E-state index in [2.05, 4.69) is 17.6 Å². The van der Waals surface area contributed by atoms with Gasteiger partial charge in [-0.1, -0.05) is 0 Å². The van der Waals surface area contributed by atoms with Crippen molar-refractivity contribution in [3.05, 3.63) is 0 Å². The van der Waals surface area contributed by atoms with Crippen LogP contribution in [0.1, 0.15) is 32.6 Å². The standard InChI is InChI=1S/C10H20N2/c1-8-9(3-2-6-11-8)7-12-10-4-5-10/h8-12H,2-7H2,1H3. The van der Waals surface area contributed by atoms with Crippen LogP contribution in [0.2, 0.25) is 0 Å². The first-order chi connectivity index (χ1) is 5.86. The molecule has 1 aliphatic heterocycles. The van der Waals surface area contributed by atoms with E-state index in [0.29, 0.717) is 0 Å². The number of hydrogen-bond acceptors (Lipinski definition) is 2. The summed E-state index contributed by atoms with van der Waals surface area (Å²) in [6, 6.07) is 1.60. The lowest BCUT2D eigenvalue weighted by atomic mass is 9.92. The van der Waals surface area contributed by atoms with Gasteiger partial charge in [0.1, 0.15) is 0 Å². The predicted molar refractivity (Wildman–Crippen MR) is 51.2 cm³/mol. The van der Waals surface area contributed by atoms with Crippen molar-refractivity contribution in [2.24, 2.45) is 5.92 Å². The Hall–Kier alpha value is -0.0800. The lowest BCUT2D eigenvalue weighted by molar-refractivity contribution is 0.286. The zero-order valence-corrected chi connectivity index (χ0v) is 7.97. The molecule has 0 bridgehead atoms. The Morgan fingerprint density at radius 1 is 1.33 bits per heavy atom. The molecular weight excluding hydrogens is 148 g/mol. The van der Waals surface area contributed by atoms with E-state index in [9.17, 15) is 0 Å². The highest BCUT2D eigenvalue weighted by atomic mass is 15.0. The fourth-order valence-corrected chi connectivity index (χ4v) is 1.99. The van der Waals surface area contributed by atoms with Crippen molar-refractivity contribution in [2.45, 2.75) is 44.7 Å². The van der Waals surface area contributed by atoms with Crippen molar-refractivity contribution in [3.63, 3.8) is 0 Å². The van der Waals surface area contributed by atoms with Gasteiger partial charge in [-0.05, 0) is 51.6 Å². The van der Waals surface area contributed by atoms with Gasteiger partial charge in [0.25, 0.3) is 0 Å². The van der Waals surface area contributed by atoms with Crippen molar-refractivity contribution in [2.75, 3.05) is 13.1 Å². The summed E-state index contributed by atoms with van der Waals surface area (Å²) in [5, 5.41) is 7.15. The van der Waals surface area contributed by atoms with Gasteiger partial charge in [0.05, 0.1) is 0 Å². The highest BCUT2D eigenvalue weighted by Crippen LogP contribution is 2.21. The maximum atomic E-state index is 3.62. The van der Waals surface area contributed by atoms with E-state index in [0.717, 1.165) is 18.0 Å². The third kappa shape index (κ3) is 2.20. The van der Waals surface area contributed by atoms with E-state index in [1.165, 1.54) is 38.8 Å². The molecule has 0 amide bonds. The van der Waals surface area contributed by atoms with Gasteiger partial charge in [0, 0.05) is 12.1 Å². The normalized spacial score (nSPS) is 36.8. The molecule has 0 spiro atoms. The van der Waals surface area contributed by atoms with Crippen LogP contribution in [0, 0.1) is 5.92 Å². The average molecular weight is 168 g/mol. The lowest BCUT2D eigenvalue weighted by Crippen LogP contribution is -2.43. The lowest BCUT2D eigenvalue weighted by Gasteiger charge is -2.30. The third-order valence-corrected chi connectivity index (χ3v) is 3.17. The van der Waals surface area contributed by atoms with Gasteiger partial charge in [-0.15, -0.1) is 0 Å². The van der Waals surface area contributed by atoms with Crippen LogP contribution in [-0.4, -0.2) is 25.2 Å². The van der Waals surface area contributed by atoms with Gasteiger partial charge < -0.3 is 10.6 Å². The first-order valence-corrected chi connectivity index (χ1v) is 5.33. The molecule has 0 aromatic carbocycles. The molecule has 2 rings (SSSR count). The van der Waals surface area contributed by atoms with Crippen LogP contribution in [-0.2, 0) is 0 Å². The molecule has 1 saturated carbocycles. The highest BCUT2D eigenvalue weighted by Gasteiger charge is 2.25. The van der Waals surface area contributed by atoms with E-state index in [4.69, 9.17) is 0 Å². The largest absolute Gasteiger partial charge is 0.314 e. The number of hydrogen-bond donors (Lipinski definition) is 2. The number of rotatable bonds is 3. The molecule has 0 aromatic rings. The van der Waals surface area contributed by atoms with E-state index in [-0.39, 0.29) is 0 Å². The minimum Gasteiger partial charge on any atom is -0.314 e. The second-order valence-corrected chi connectivity index (χ2v) is 4.33. The maximum Gasteiger partial charge on any atom is 0.00791 e. The molecule has 70 valence electrons. The van der Waals surface area contributed by atoms with Gasteiger partial charge in [-0.25, -0.2) is 0 Å². The summed E-state index contributed by atoms with van der Waals surface area (Å²) >= 11 is 0. The summed E-state index contributed by atoms with van der Waals surface area (Å²) in [5.74, 6) is 0.874. The first-order valence-electron chi connectivity index (χ1n) is 5.33. The summed E-state index contributed by atoms with van der Waals surface area (Å²) in [5.41, 5.74) is 0. The predicted octanol–water partition coefficient (Wildman–Crippen LogP) is 1.13. The van der Waals surface area contributed by atoms with E-state index < -0.39 is 0 Å². The van der Waals surface area contributed by atoms with Crippen LogP contribution < -0.4 is 10.6 Å². The Morgan fingerprint density at radius 2 is 2.17 bits per heavy atom. The second-order valence-electron chi connectivity index (χ2n) is 4.33. The molecule has 2 fully saturated rings. The zero-order chi connectivity index (χ0) is 8.39. The van der Waals surface area contributed by atoms with E-state index >= 15 is 0 Å². The fourth-order valence-electron chi connectivity index (χ4n) is 1.99. The van der Waals surface area contributed by atoms with Crippen molar-refractivity contribution in [3.8, 4) is 0 Å². The fraction of sp³-hybridized carbons (Fsp3) is 1.00. The minimum absolute atomic E-state index is 0.727. The Morgan fingerprint density at radius 3 is 2.83 bits per heavy atom. The summed E-state index contributed by atoms with van der Waals surface area (Å²) in [6.07, 6.45) is 5.60. The second kappa shape index (κ2) is 3.75. The summed E-state index contributed by atoms with van der Waals surface area (Å²) < 4.78 is 0. The third-order valence-electron chi connectivity index (χ3n) is 3.17. The Kier molecular flexibility index (Phi) is 2.66. The van der Waals surface area contributed by atoms with Gasteiger partial charge in [0.15, 0.2) is 0 Å². The Bertz CT molecular complexity index is 143. The zero-order valence-electron chi connectivity index (χ0n) is 7.97. The molecule has 0 aromatic heterocycles. The van der Waals surface area contributed by atoms with Crippen LogP contribution >= 0.6 is 0 Å². The molecule has 1 saturated heterocycles. The molecule has 2 aliphatic rings. The number of nitrogens with one attached hydrogen (secondary N) is 2. The van der Waals surface area contributed by atoms with Gasteiger partial charge in [-0.3, -0.25) is 0 Å². The Balaban J connectivity index is 1.68. The first kappa shape index (κ1) is 8.52. The van der Waals surface area contributed by atoms with Gasteiger partial charge in [-0.2, -0.15) is 0 Å². The van der Waals surface area contributed by atoms with Gasteiger partial charge in [0.2, 0.25) is 0 Å². The molecule has 2 N–H and O–H groups in total. The molecular formula is C10H20N2. The quantitative estimate of drug-likeness (QED) is 0.660. The van der Waals surface area contributed by atoms with Crippen LogP contribution in [0.15, 0.2) is 0 Å². The van der Waals surface area contributed by atoms with Crippen LogP contribution in [0.4, 0.5) is 0 Å². The van der Waals surface area contributed by atoms with Crippen LogP contribution in [0.3, 0.4) is 0 Å². The molecule has 2 atom stereocenters. The molecule has 2 unspecified atom stereocenters. The van der Waals surface area contributed by atoms with Gasteiger partial charge >= 0.3 is 0 Å². The monoisotopic (exact) mass is 168 g/mol. The molecule has 2 heteroatoms. The van der Waals surface area contributed by atoms with E-state index in [1.807, 2.05) is 0 Å². The van der Waals surface area contributed by atoms with Crippen molar-refractivity contribution in [1.82, 2.24) is 10.6 Å².